The van der Waals surface area contributed by atoms with Gasteiger partial charge in [-0.25, -0.2) is 0 Å². The zero-order valence-corrected chi connectivity index (χ0v) is 20.2. The number of nitrogens with zero attached hydrogens (tertiary/aromatic N) is 1. The van der Waals surface area contributed by atoms with Crippen molar-refractivity contribution in [2.24, 2.45) is 4.99 Å². The first-order valence-electron chi connectivity index (χ1n) is 10.7. The van der Waals surface area contributed by atoms with Crippen molar-refractivity contribution in [3.8, 4) is 0 Å². The number of carbonyl (C=O) groups excluding carboxylic acids is 1. The molecule has 1 aromatic carbocycles. The highest BCUT2D eigenvalue weighted by molar-refractivity contribution is 14.0. The van der Waals surface area contributed by atoms with Gasteiger partial charge in [0.05, 0.1) is 12.7 Å². The van der Waals surface area contributed by atoms with E-state index in [1.807, 2.05) is 31.2 Å². The lowest BCUT2D eigenvalue weighted by Crippen LogP contribution is -2.39. The number of aliphatic imine (C=N–C) groups is 1. The third kappa shape index (κ3) is 10.3. The van der Waals surface area contributed by atoms with Crippen LogP contribution in [0.3, 0.4) is 0 Å². The minimum absolute atomic E-state index is 0. The highest BCUT2D eigenvalue weighted by Crippen LogP contribution is 2.19. The molecule has 0 aliphatic heterocycles. The number of halogens is 1. The summed E-state index contributed by atoms with van der Waals surface area (Å²) in [5, 5.41) is 9.50. The van der Waals surface area contributed by atoms with Gasteiger partial charge in [-0.2, -0.15) is 0 Å². The fourth-order valence-electron chi connectivity index (χ4n) is 3.37. The quantitative estimate of drug-likeness (QED) is 0.153. The molecule has 7 heteroatoms. The van der Waals surface area contributed by atoms with Crippen LogP contribution >= 0.6 is 24.0 Å². The molecule has 3 N–H and O–H groups in total. The van der Waals surface area contributed by atoms with Crippen LogP contribution in [0.4, 0.5) is 0 Å². The second kappa shape index (κ2) is 15.5. The zero-order chi connectivity index (χ0) is 20.0. The van der Waals surface area contributed by atoms with E-state index in [0.717, 1.165) is 24.5 Å². The fraction of sp³-hybridized carbons (Fsp3) is 0.636. The van der Waals surface area contributed by atoms with Crippen molar-refractivity contribution in [3.05, 3.63) is 35.4 Å². The van der Waals surface area contributed by atoms with Crippen LogP contribution < -0.4 is 16.0 Å². The van der Waals surface area contributed by atoms with E-state index < -0.39 is 0 Å². The first-order chi connectivity index (χ1) is 13.7. The summed E-state index contributed by atoms with van der Waals surface area (Å²) in [4.78, 5) is 16.4. The third-order valence-corrected chi connectivity index (χ3v) is 4.96. The average Bonchev–Trinajstić information content (AvgIpc) is 3.00. The van der Waals surface area contributed by atoms with Crippen LogP contribution in [-0.4, -0.2) is 44.7 Å². The zero-order valence-electron chi connectivity index (χ0n) is 17.8. The Morgan fingerprint density at radius 3 is 2.55 bits per heavy atom. The Bertz CT molecular complexity index is 617. The van der Waals surface area contributed by atoms with Crippen molar-refractivity contribution in [2.45, 2.75) is 64.5 Å². The lowest BCUT2D eigenvalue weighted by molar-refractivity contribution is 0.0468. The molecule has 29 heavy (non-hydrogen) atoms. The minimum atomic E-state index is -0.0260. The van der Waals surface area contributed by atoms with Gasteiger partial charge in [0.25, 0.3) is 5.91 Å². The number of nitrogens with one attached hydrogen (secondary N) is 3. The molecule has 1 aliphatic rings. The maximum atomic E-state index is 12.1. The van der Waals surface area contributed by atoms with Crippen LogP contribution in [0.2, 0.25) is 0 Å². The second-order valence-electron chi connectivity index (χ2n) is 7.29. The Morgan fingerprint density at radius 1 is 1.10 bits per heavy atom. The van der Waals surface area contributed by atoms with E-state index >= 15 is 0 Å². The van der Waals surface area contributed by atoms with Gasteiger partial charge in [0, 0.05) is 32.2 Å². The van der Waals surface area contributed by atoms with Crippen LogP contribution in [0.1, 0.15) is 67.8 Å². The van der Waals surface area contributed by atoms with E-state index in [1.165, 1.54) is 38.5 Å². The number of carbonyl (C=O) groups is 1. The van der Waals surface area contributed by atoms with Crippen LogP contribution in [0.5, 0.6) is 0 Å². The molecule has 1 aromatic rings. The highest BCUT2D eigenvalue weighted by atomic mass is 127. The summed E-state index contributed by atoms with van der Waals surface area (Å²) in [5.74, 6) is 0.715. The molecule has 0 heterocycles. The largest absolute Gasteiger partial charge is 0.376 e. The standard InChI is InChI=1S/C22H36N4O2.HI/c1-3-13-24-21(27)19-10-8-9-18(16-19)17-26-22(23-2)25-14-15-28-20-11-6-4-5-7-12-20;/h8-10,16,20H,3-7,11-15,17H2,1-2H3,(H,24,27)(H2,23,25,26);1H. The molecule has 0 aromatic heterocycles. The van der Waals surface area contributed by atoms with Crippen molar-refractivity contribution in [1.29, 1.82) is 0 Å². The summed E-state index contributed by atoms with van der Waals surface area (Å²) in [6.45, 7) is 4.77. The summed E-state index contributed by atoms with van der Waals surface area (Å²) < 4.78 is 6.01. The molecular weight excluding hydrogens is 479 g/mol. The van der Waals surface area contributed by atoms with Crippen LogP contribution in [0.25, 0.3) is 0 Å². The molecule has 1 amide bonds. The lowest BCUT2D eigenvalue weighted by atomic mass is 10.1. The molecule has 0 radical (unpaired) electrons. The predicted molar refractivity (Wildman–Crippen MR) is 130 cm³/mol. The van der Waals surface area contributed by atoms with Crippen molar-refractivity contribution in [1.82, 2.24) is 16.0 Å². The Hall–Kier alpha value is -1.35. The van der Waals surface area contributed by atoms with Gasteiger partial charge in [-0.3, -0.25) is 9.79 Å². The molecule has 1 aliphatic carbocycles. The molecule has 0 atom stereocenters. The smallest absolute Gasteiger partial charge is 0.251 e. The van der Waals surface area contributed by atoms with Gasteiger partial charge in [0.1, 0.15) is 0 Å². The van der Waals surface area contributed by atoms with Crippen LogP contribution in [0, 0.1) is 0 Å². The Morgan fingerprint density at radius 2 is 1.86 bits per heavy atom. The first kappa shape index (κ1) is 25.7. The molecule has 1 saturated carbocycles. The summed E-state index contributed by atoms with van der Waals surface area (Å²) in [6, 6.07) is 7.67. The number of amides is 1. The summed E-state index contributed by atoms with van der Waals surface area (Å²) in [7, 11) is 1.76. The van der Waals surface area contributed by atoms with E-state index in [9.17, 15) is 4.79 Å². The van der Waals surface area contributed by atoms with Gasteiger partial charge in [0.15, 0.2) is 5.96 Å². The van der Waals surface area contributed by atoms with Gasteiger partial charge in [-0.05, 0) is 37.0 Å². The van der Waals surface area contributed by atoms with E-state index in [0.29, 0.717) is 31.4 Å². The number of hydrogen-bond donors (Lipinski definition) is 3. The normalized spacial score (nSPS) is 15.2. The van der Waals surface area contributed by atoms with E-state index in [4.69, 9.17) is 4.74 Å². The fourth-order valence-corrected chi connectivity index (χ4v) is 3.37. The average molecular weight is 516 g/mol. The Kier molecular flexibility index (Phi) is 13.7. The Labute approximate surface area is 192 Å². The maximum Gasteiger partial charge on any atom is 0.251 e. The highest BCUT2D eigenvalue weighted by Gasteiger charge is 2.12. The van der Waals surface area contributed by atoms with E-state index in [2.05, 4.69) is 20.9 Å². The van der Waals surface area contributed by atoms with Crippen LogP contribution in [0.15, 0.2) is 29.3 Å². The van der Waals surface area contributed by atoms with Gasteiger partial charge in [-0.15, -0.1) is 24.0 Å². The molecule has 0 spiro atoms. The van der Waals surface area contributed by atoms with Gasteiger partial charge >= 0.3 is 0 Å². The van der Waals surface area contributed by atoms with Crippen molar-refractivity contribution in [2.75, 3.05) is 26.7 Å². The molecule has 6 nitrogen and oxygen atoms in total. The van der Waals surface area contributed by atoms with Crippen LogP contribution in [-0.2, 0) is 11.3 Å². The van der Waals surface area contributed by atoms with Crippen molar-refractivity contribution in [3.63, 3.8) is 0 Å². The Balaban J connectivity index is 0.00000420. The van der Waals surface area contributed by atoms with E-state index in [1.54, 1.807) is 7.05 Å². The third-order valence-electron chi connectivity index (χ3n) is 4.96. The molecule has 0 saturated heterocycles. The lowest BCUT2D eigenvalue weighted by Gasteiger charge is -2.17. The molecule has 1 fully saturated rings. The van der Waals surface area contributed by atoms with E-state index in [-0.39, 0.29) is 29.9 Å². The molecule has 0 bridgehead atoms. The summed E-state index contributed by atoms with van der Waals surface area (Å²) in [5.41, 5.74) is 1.73. The van der Waals surface area contributed by atoms with Crippen molar-refractivity contribution < 1.29 is 9.53 Å². The van der Waals surface area contributed by atoms with Gasteiger partial charge in [0.2, 0.25) is 0 Å². The number of guanidine groups is 1. The number of rotatable bonds is 9. The SMILES string of the molecule is CCCNC(=O)c1cccc(CNC(=NC)NCCOC2CCCCCC2)c1.I. The minimum Gasteiger partial charge on any atom is -0.376 e. The predicted octanol–water partition coefficient (Wildman–Crippen LogP) is 3.85. The number of hydrogen-bond acceptors (Lipinski definition) is 3. The maximum absolute atomic E-state index is 12.1. The summed E-state index contributed by atoms with van der Waals surface area (Å²) >= 11 is 0. The summed E-state index contributed by atoms with van der Waals surface area (Å²) in [6.07, 6.45) is 8.99. The topological polar surface area (TPSA) is 74.8 Å². The van der Waals surface area contributed by atoms with Gasteiger partial charge in [-0.1, -0.05) is 44.7 Å². The monoisotopic (exact) mass is 516 g/mol. The number of benzene rings is 1. The molecule has 0 unspecified atom stereocenters. The molecular formula is C22H37IN4O2. The molecule has 164 valence electrons. The van der Waals surface area contributed by atoms with Gasteiger partial charge < -0.3 is 20.7 Å². The first-order valence-corrected chi connectivity index (χ1v) is 10.7. The molecule has 2 rings (SSSR count). The van der Waals surface area contributed by atoms with Crippen molar-refractivity contribution >= 4 is 35.8 Å². The second-order valence-corrected chi connectivity index (χ2v) is 7.29. The number of ether oxygens (including phenoxy) is 1.